The van der Waals surface area contributed by atoms with Crippen LogP contribution in [0.3, 0.4) is 0 Å². The van der Waals surface area contributed by atoms with Gasteiger partial charge in [0.15, 0.2) is 0 Å². The van der Waals surface area contributed by atoms with Crippen LogP contribution in [0, 0.1) is 0 Å². The van der Waals surface area contributed by atoms with E-state index in [4.69, 9.17) is 5.73 Å². The Bertz CT molecular complexity index is 488. The predicted molar refractivity (Wildman–Crippen MR) is 65.5 cm³/mol. The molecule has 15 heavy (non-hydrogen) atoms. The molecule has 0 aliphatic rings. The van der Waals surface area contributed by atoms with Gasteiger partial charge in [0, 0.05) is 10.4 Å². The molecule has 1 aromatic heterocycles. The zero-order chi connectivity index (χ0) is 10.8. The molecule has 2 rings (SSSR count). The molecule has 0 atom stereocenters. The third kappa shape index (κ3) is 2.22. The summed E-state index contributed by atoms with van der Waals surface area (Å²) in [5.41, 5.74) is 6.76. The summed E-state index contributed by atoms with van der Waals surface area (Å²) in [6.07, 6.45) is 0. The van der Waals surface area contributed by atoms with Gasteiger partial charge in [-0.1, -0.05) is 12.1 Å². The number of benzene rings is 1. The number of primary amides is 1. The average molecular weight is 235 g/mol. The Morgan fingerprint density at radius 3 is 2.27 bits per heavy atom. The monoisotopic (exact) mass is 235 g/mol. The largest absolute Gasteiger partial charge is 0.366 e. The van der Waals surface area contributed by atoms with Crippen LogP contribution in [0.2, 0.25) is 0 Å². The van der Waals surface area contributed by atoms with E-state index in [9.17, 15) is 4.79 Å². The van der Waals surface area contributed by atoms with Crippen molar-refractivity contribution >= 4 is 29.9 Å². The van der Waals surface area contributed by atoms with Crippen LogP contribution >= 0.6 is 24.0 Å². The maximum Gasteiger partial charge on any atom is 0.248 e. The van der Waals surface area contributed by atoms with Gasteiger partial charge >= 0.3 is 0 Å². The molecule has 0 radical (unpaired) electrons. The molecule has 1 amide bonds. The molecule has 2 aromatic rings. The summed E-state index contributed by atoms with van der Waals surface area (Å²) in [5.74, 6) is -0.400. The Morgan fingerprint density at radius 2 is 1.80 bits per heavy atom. The van der Waals surface area contributed by atoms with Crippen LogP contribution in [0.25, 0.3) is 10.4 Å². The maximum atomic E-state index is 10.9. The van der Waals surface area contributed by atoms with E-state index in [-0.39, 0.29) is 0 Å². The SMILES string of the molecule is NC(=O)c1ccc(-c2ccc(S)s2)cc1. The van der Waals surface area contributed by atoms with Crippen molar-refractivity contribution in [1.82, 2.24) is 0 Å². The molecule has 0 aliphatic carbocycles. The van der Waals surface area contributed by atoms with Crippen molar-refractivity contribution < 1.29 is 4.79 Å². The highest BCUT2D eigenvalue weighted by Gasteiger charge is 2.03. The third-order valence-electron chi connectivity index (χ3n) is 2.05. The highest BCUT2D eigenvalue weighted by atomic mass is 32.2. The summed E-state index contributed by atoms with van der Waals surface area (Å²) in [5, 5.41) is 0. The van der Waals surface area contributed by atoms with Gasteiger partial charge in [-0.05, 0) is 29.8 Å². The fraction of sp³-hybridized carbons (Fsp3) is 0. The first kappa shape index (κ1) is 10.3. The lowest BCUT2D eigenvalue weighted by atomic mass is 10.1. The van der Waals surface area contributed by atoms with Crippen LogP contribution in [0.15, 0.2) is 40.6 Å². The van der Waals surface area contributed by atoms with E-state index in [0.717, 1.165) is 14.6 Å². The van der Waals surface area contributed by atoms with Crippen LogP contribution in [-0.4, -0.2) is 5.91 Å². The van der Waals surface area contributed by atoms with Gasteiger partial charge < -0.3 is 5.73 Å². The van der Waals surface area contributed by atoms with Crippen molar-refractivity contribution in [2.45, 2.75) is 4.21 Å². The average Bonchev–Trinajstić information content (AvgIpc) is 2.65. The number of thiol groups is 1. The summed E-state index contributed by atoms with van der Waals surface area (Å²) in [6.45, 7) is 0. The van der Waals surface area contributed by atoms with Crippen molar-refractivity contribution in [3.05, 3.63) is 42.0 Å². The number of hydrogen-bond donors (Lipinski definition) is 2. The summed E-state index contributed by atoms with van der Waals surface area (Å²) in [7, 11) is 0. The molecular weight excluding hydrogens is 226 g/mol. The second kappa shape index (κ2) is 4.08. The number of amides is 1. The maximum absolute atomic E-state index is 10.9. The zero-order valence-electron chi connectivity index (χ0n) is 7.81. The molecule has 0 bridgehead atoms. The van der Waals surface area contributed by atoms with Gasteiger partial charge in [0.2, 0.25) is 5.91 Å². The first-order valence-electron chi connectivity index (χ1n) is 4.36. The van der Waals surface area contributed by atoms with Gasteiger partial charge in [0.25, 0.3) is 0 Å². The quantitative estimate of drug-likeness (QED) is 0.772. The molecule has 0 aliphatic heterocycles. The smallest absolute Gasteiger partial charge is 0.248 e. The van der Waals surface area contributed by atoms with Crippen molar-refractivity contribution in [1.29, 1.82) is 0 Å². The van der Waals surface area contributed by atoms with E-state index in [1.807, 2.05) is 24.3 Å². The Hall–Kier alpha value is -1.26. The fourth-order valence-corrected chi connectivity index (χ4v) is 2.40. The van der Waals surface area contributed by atoms with Gasteiger partial charge in [-0.15, -0.1) is 24.0 Å². The normalized spacial score (nSPS) is 10.2. The first-order valence-corrected chi connectivity index (χ1v) is 5.62. The van der Waals surface area contributed by atoms with Gasteiger partial charge in [-0.3, -0.25) is 4.79 Å². The highest BCUT2D eigenvalue weighted by molar-refractivity contribution is 7.83. The molecule has 2 nitrogen and oxygen atoms in total. The van der Waals surface area contributed by atoms with Crippen LogP contribution < -0.4 is 5.73 Å². The van der Waals surface area contributed by atoms with Crippen LogP contribution in [0.4, 0.5) is 0 Å². The lowest BCUT2D eigenvalue weighted by Crippen LogP contribution is -2.10. The molecule has 0 saturated carbocycles. The lowest BCUT2D eigenvalue weighted by Gasteiger charge is -1.98. The van der Waals surface area contributed by atoms with Gasteiger partial charge in [0.1, 0.15) is 0 Å². The molecule has 4 heteroatoms. The highest BCUT2D eigenvalue weighted by Crippen LogP contribution is 2.29. The predicted octanol–water partition coefficient (Wildman–Crippen LogP) is 2.80. The summed E-state index contributed by atoms with van der Waals surface area (Å²) >= 11 is 5.86. The Balaban J connectivity index is 2.35. The van der Waals surface area contributed by atoms with Crippen molar-refractivity contribution in [3.63, 3.8) is 0 Å². The number of rotatable bonds is 2. The third-order valence-corrected chi connectivity index (χ3v) is 3.41. The van der Waals surface area contributed by atoms with Gasteiger partial charge in [-0.2, -0.15) is 0 Å². The Morgan fingerprint density at radius 1 is 1.13 bits per heavy atom. The topological polar surface area (TPSA) is 43.1 Å². The molecule has 0 saturated heterocycles. The fourth-order valence-electron chi connectivity index (χ4n) is 1.28. The Kier molecular flexibility index (Phi) is 2.79. The standard InChI is InChI=1S/C11H9NOS2/c12-11(13)8-3-1-7(2-4-8)9-5-6-10(14)15-9/h1-6,14H,(H2,12,13). The van der Waals surface area contributed by atoms with E-state index in [2.05, 4.69) is 12.6 Å². The van der Waals surface area contributed by atoms with E-state index < -0.39 is 5.91 Å². The van der Waals surface area contributed by atoms with Crippen LogP contribution in [0.1, 0.15) is 10.4 Å². The molecular formula is C11H9NOS2. The van der Waals surface area contributed by atoms with E-state index in [1.165, 1.54) is 0 Å². The van der Waals surface area contributed by atoms with E-state index in [0.29, 0.717) is 5.56 Å². The van der Waals surface area contributed by atoms with Gasteiger partial charge in [-0.25, -0.2) is 0 Å². The minimum absolute atomic E-state index is 0.400. The first-order chi connectivity index (χ1) is 7.16. The summed E-state index contributed by atoms with van der Waals surface area (Å²) in [4.78, 5) is 12.0. The zero-order valence-corrected chi connectivity index (χ0v) is 9.52. The lowest BCUT2D eigenvalue weighted by molar-refractivity contribution is 0.100. The molecule has 0 spiro atoms. The number of carbonyl (C=O) groups is 1. The van der Waals surface area contributed by atoms with Crippen molar-refractivity contribution in [2.75, 3.05) is 0 Å². The molecule has 76 valence electrons. The molecule has 2 N–H and O–H groups in total. The Labute approximate surface area is 97.2 Å². The molecule has 1 heterocycles. The van der Waals surface area contributed by atoms with E-state index in [1.54, 1.807) is 23.5 Å². The molecule has 1 aromatic carbocycles. The second-order valence-corrected chi connectivity index (χ2v) is 4.95. The van der Waals surface area contributed by atoms with Crippen LogP contribution in [0.5, 0.6) is 0 Å². The molecule has 0 fully saturated rings. The van der Waals surface area contributed by atoms with Crippen molar-refractivity contribution in [2.24, 2.45) is 5.73 Å². The minimum Gasteiger partial charge on any atom is -0.366 e. The van der Waals surface area contributed by atoms with Gasteiger partial charge in [0.05, 0.1) is 4.21 Å². The van der Waals surface area contributed by atoms with Crippen molar-refractivity contribution in [3.8, 4) is 10.4 Å². The number of hydrogen-bond acceptors (Lipinski definition) is 3. The van der Waals surface area contributed by atoms with Crippen LogP contribution in [-0.2, 0) is 0 Å². The number of thiophene rings is 1. The summed E-state index contributed by atoms with van der Waals surface area (Å²) in [6, 6.07) is 11.2. The molecule has 0 unspecified atom stereocenters. The number of carbonyl (C=O) groups excluding carboxylic acids is 1. The van der Waals surface area contributed by atoms with E-state index >= 15 is 0 Å². The summed E-state index contributed by atoms with van der Waals surface area (Å²) < 4.78 is 0.976. The number of nitrogens with two attached hydrogens (primary N) is 1. The minimum atomic E-state index is -0.400. The second-order valence-electron chi connectivity index (χ2n) is 3.08.